The highest BCUT2D eigenvalue weighted by Crippen LogP contribution is 2.39. The first kappa shape index (κ1) is 16.4. The summed E-state index contributed by atoms with van der Waals surface area (Å²) in [5.41, 5.74) is 3.88. The quantitative estimate of drug-likeness (QED) is 0.665. The Balaban J connectivity index is 2.42. The number of allylic oxidation sites excluding steroid dienone is 1. The molecule has 0 aromatic heterocycles. The summed E-state index contributed by atoms with van der Waals surface area (Å²) in [6.45, 7) is 1.11. The number of urea groups is 1. The van der Waals surface area contributed by atoms with Crippen LogP contribution in [0.4, 0.5) is 22.4 Å². The van der Waals surface area contributed by atoms with Gasteiger partial charge in [0.05, 0.1) is 12.2 Å². The van der Waals surface area contributed by atoms with Gasteiger partial charge in [-0.25, -0.2) is 14.2 Å². The average molecular weight is 340 g/mol. The number of primary amides is 1. The van der Waals surface area contributed by atoms with Crippen LogP contribution in [-0.2, 0) is 6.18 Å². The number of nitrogens with two attached hydrogens (primary N) is 1. The highest BCUT2D eigenvalue weighted by molar-refractivity contribution is 6.14. The van der Waals surface area contributed by atoms with E-state index in [0.717, 1.165) is 21.7 Å². The number of nitrogens with zero attached hydrogens (tertiary/aromatic N) is 2. The zero-order valence-corrected chi connectivity index (χ0v) is 11.9. The van der Waals surface area contributed by atoms with Gasteiger partial charge in [-0.15, -0.1) is 4.53 Å². The SMILES string of the molecule is CC1=C(Oc2c(F)cccc2C(F)(F)F)CN(Cl)N1C(N)=O. The number of para-hydroxylation sites is 1. The Hall–Kier alpha value is -2.00. The molecule has 1 aromatic rings. The van der Waals surface area contributed by atoms with Gasteiger partial charge >= 0.3 is 12.2 Å². The van der Waals surface area contributed by atoms with E-state index in [1.807, 2.05) is 0 Å². The molecule has 1 heterocycles. The third-order valence-corrected chi connectivity index (χ3v) is 3.19. The largest absolute Gasteiger partial charge is 0.455 e. The molecule has 0 unspecified atom stereocenters. The second-order valence-electron chi connectivity index (χ2n) is 4.37. The monoisotopic (exact) mass is 339 g/mol. The molecule has 2 N–H and O–H groups in total. The molecule has 0 atom stereocenters. The summed E-state index contributed by atoms with van der Waals surface area (Å²) < 4.78 is 58.3. The lowest BCUT2D eigenvalue weighted by Gasteiger charge is -2.19. The van der Waals surface area contributed by atoms with Gasteiger partial charge in [0, 0.05) is 11.8 Å². The molecule has 2 rings (SSSR count). The number of rotatable bonds is 2. The molecule has 0 aliphatic carbocycles. The minimum atomic E-state index is -4.80. The number of carbonyl (C=O) groups excluding carboxylic acids is 1. The van der Waals surface area contributed by atoms with E-state index in [-0.39, 0.29) is 18.0 Å². The Morgan fingerprint density at radius 2 is 2.05 bits per heavy atom. The van der Waals surface area contributed by atoms with Gasteiger partial charge in [0.25, 0.3) is 0 Å². The van der Waals surface area contributed by atoms with Crippen molar-refractivity contribution >= 4 is 17.8 Å². The van der Waals surface area contributed by atoms with E-state index in [1.165, 1.54) is 6.92 Å². The highest BCUT2D eigenvalue weighted by atomic mass is 35.5. The van der Waals surface area contributed by atoms with Crippen LogP contribution < -0.4 is 10.5 Å². The van der Waals surface area contributed by atoms with Gasteiger partial charge in [0.15, 0.2) is 11.6 Å². The van der Waals surface area contributed by atoms with Crippen molar-refractivity contribution in [2.75, 3.05) is 6.54 Å². The summed E-state index contributed by atoms with van der Waals surface area (Å²) >= 11 is 5.72. The van der Waals surface area contributed by atoms with Gasteiger partial charge in [-0.05, 0) is 19.1 Å². The second kappa shape index (κ2) is 5.65. The van der Waals surface area contributed by atoms with Crippen molar-refractivity contribution in [3.8, 4) is 5.75 Å². The molecule has 120 valence electrons. The number of halogens is 5. The lowest BCUT2D eigenvalue weighted by Crippen LogP contribution is -2.39. The van der Waals surface area contributed by atoms with Gasteiger partial charge < -0.3 is 10.5 Å². The second-order valence-corrected chi connectivity index (χ2v) is 4.76. The zero-order valence-electron chi connectivity index (χ0n) is 11.1. The van der Waals surface area contributed by atoms with Crippen LogP contribution in [0, 0.1) is 5.82 Å². The third-order valence-electron chi connectivity index (χ3n) is 2.92. The van der Waals surface area contributed by atoms with Gasteiger partial charge in [0.1, 0.15) is 11.3 Å². The van der Waals surface area contributed by atoms with E-state index < -0.39 is 29.3 Å². The van der Waals surface area contributed by atoms with E-state index in [1.54, 1.807) is 0 Å². The van der Waals surface area contributed by atoms with Crippen LogP contribution in [0.5, 0.6) is 5.75 Å². The van der Waals surface area contributed by atoms with Crippen molar-refractivity contribution in [3.05, 3.63) is 41.0 Å². The zero-order chi connectivity index (χ0) is 16.7. The topological polar surface area (TPSA) is 58.8 Å². The normalized spacial score (nSPS) is 16.4. The molecule has 2 amide bonds. The fourth-order valence-electron chi connectivity index (χ4n) is 1.92. The number of amides is 2. The van der Waals surface area contributed by atoms with Crippen LogP contribution >= 0.6 is 11.8 Å². The van der Waals surface area contributed by atoms with Crippen LogP contribution in [0.15, 0.2) is 29.7 Å². The molecule has 0 radical (unpaired) electrons. The first-order chi connectivity index (χ1) is 10.1. The van der Waals surface area contributed by atoms with Crippen molar-refractivity contribution in [3.63, 3.8) is 0 Å². The van der Waals surface area contributed by atoms with E-state index in [0.29, 0.717) is 6.07 Å². The maximum absolute atomic E-state index is 13.7. The standard InChI is InChI=1S/C12H10ClF4N3O2/c1-6-9(5-19(13)20(6)11(18)21)22-10-7(12(15,16)17)3-2-4-8(10)14/h2-4H,5H2,1H3,(H2,18,21). The molecule has 0 fully saturated rings. The lowest BCUT2D eigenvalue weighted by molar-refractivity contribution is -0.138. The molecule has 0 saturated heterocycles. The molecule has 5 nitrogen and oxygen atoms in total. The Morgan fingerprint density at radius 1 is 1.41 bits per heavy atom. The summed E-state index contributed by atoms with van der Waals surface area (Å²) in [7, 11) is 0. The first-order valence-corrected chi connectivity index (χ1v) is 6.23. The predicted octanol–water partition coefficient (Wildman–Crippen LogP) is 3.22. The maximum Gasteiger partial charge on any atom is 0.420 e. The average Bonchev–Trinajstić information content (AvgIpc) is 2.65. The minimum Gasteiger partial charge on any atom is -0.455 e. The fraction of sp³-hybridized carbons (Fsp3) is 0.250. The highest BCUT2D eigenvalue weighted by Gasteiger charge is 2.38. The van der Waals surface area contributed by atoms with Crippen LogP contribution in [0.2, 0.25) is 0 Å². The van der Waals surface area contributed by atoms with Gasteiger partial charge in [-0.3, -0.25) is 0 Å². The van der Waals surface area contributed by atoms with Crippen molar-refractivity contribution in [2.45, 2.75) is 13.1 Å². The molecular formula is C12H10ClF4N3O2. The molecule has 0 bridgehead atoms. The predicted molar refractivity (Wildman–Crippen MR) is 68.7 cm³/mol. The van der Waals surface area contributed by atoms with Gasteiger partial charge in [-0.2, -0.15) is 13.2 Å². The van der Waals surface area contributed by atoms with E-state index >= 15 is 0 Å². The number of carbonyl (C=O) groups is 1. The van der Waals surface area contributed by atoms with Gasteiger partial charge in [-0.1, -0.05) is 6.07 Å². The minimum absolute atomic E-state index is 0.0684. The molecular weight excluding hydrogens is 330 g/mol. The number of alkyl halides is 3. The number of hydrogen-bond acceptors (Lipinski definition) is 3. The Labute approximate surface area is 127 Å². The number of hydrazine groups is 1. The Bertz CT molecular complexity index is 648. The van der Waals surface area contributed by atoms with E-state index in [9.17, 15) is 22.4 Å². The number of benzene rings is 1. The molecule has 22 heavy (non-hydrogen) atoms. The van der Waals surface area contributed by atoms with Crippen molar-refractivity contribution in [2.24, 2.45) is 5.73 Å². The summed E-state index contributed by atoms with van der Waals surface area (Å²) in [5, 5.41) is 0.797. The molecule has 1 aliphatic heterocycles. The van der Waals surface area contributed by atoms with Crippen molar-refractivity contribution in [1.29, 1.82) is 0 Å². The summed E-state index contributed by atoms with van der Waals surface area (Å²) in [4.78, 5) is 11.2. The van der Waals surface area contributed by atoms with Crippen molar-refractivity contribution < 1.29 is 27.1 Å². The summed E-state index contributed by atoms with van der Waals surface area (Å²) in [6, 6.07) is 1.49. The Kier molecular flexibility index (Phi) is 4.21. The molecule has 1 aliphatic rings. The number of hydrogen-bond donors (Lipinski definition) is 1. The third kappa shape index (κ3) is 2.95. The fourth-order valence-corrected chi connectivity index (χ4v) is 2.22. The van der Waals surface area contributed by atoms with Crippen LogP contribution in [0.25, 0.3) is 0 Å². The van der Waals surface area contributed by atoms with Crippen molar-refractivity contribution in [1.82, 2.24) is 9.54 Å². The number of ether oxygens (including phenoxy) is 1. The van der Waals surface area contributed by atoms with Crippen LogP contribution in [-0.4, -0.2) is 22.1 Å². The smallest absolute Gasteiger partial charge is 0.420 e. The summed E-state index contributed by atoms with van der Waals surface area (Å²) in [5.74, 6) is -2.29. The Morgan fingerprint density at radius 3 is 2.55 bits per heavy atom. The molecule has 0 spiro atoms. The molecule has 10 heteroatoms. The van der Waals surface area contributed by atoms with Crippen LogP contribution in [0.3, 0.4) is 0 Å². The van der Waals surface area contributed by atoms with E-state index in [4.69, 9.17) is 22.2 Å². The summed E-state index contributed by atoms with van der Waals surface area (Å²) in [6.07, 6.45) is -4.80. The van der Waals surface area contributed by atoms with E-state index in [2.05, 4.69) is 0 Å². The van der Waals surface area contributed by atoms with Gasteiger partial charge in [0.2, 0.25) is 0 Å². The lowest BCUT2D eigenvalue weighted by atomic mass is 10.2. The maximum atomic E-state index is 13.7. The molecule has 0 saturated carbocycles. The first-order valence-electron chi connectivity index (χ1n) is 5.89. The van der Waals surface area contributed by atoms with Crippen LogP contribution in [0.1, 0.15) is 12.5 Å². The molecule has 1 aromatic carbocycles.